The van der Waals surface area contributed by atoms with Crippen molar-refractivity contribution < 1.29 is 19.0 Å². The molecule has 1 atom stereocenters. The van der Waals surface area contributed by atoms with Crippen molar-refractivity contribution in [2.45, 2.75) is 72.0 Å². The van der Waals surface area contributed by atoms with Crippen LogP contribution < -0.4 is 4.74 Å². The van der Waals surface area contributed by atoms with Gasteiger partial charge in [0, 0.05) is 5.56 Å². The molecule has 0 aromatic heterocycles. The summed E-state index contributed by atoms with van der Waals surface area (Å²) >= 11 is 0. The van der Waals surface area contributed by atoms with E-state index in [-0.39, 0.29) is 5.97 Å². The lowest BCUT2D eigenvalue weighted by atomic mass is 9.83. The van der Waals surface area contributed by atoms with Crippen LogP contribution in [0.3, 0.4) is 0 Å². The van der Waals surface area contributed by atoms with E-state index in [0.29, 0.717) is 5.92 Å². The molecule has 30 heavy (non-hydrogen) atoms. The first kappa shape index (κ1) is 22.4. The third-order valence-corrected chi connectivity index (χ3v) is 5.46. The molecule has 4 heteroatoms. The normalized spacial score (nSPS) is 14.8. The molecule has 0 saturated carbocycles. The van der Waals surface area contributed by atoms with E-state index in [4.69, 9.17) is 14.2 Å². The molecular formula is C26H34O4. The molecule has 1 aliphatic rings. The maximum absolute atomic E-state index is 12.9. The van der Waals surface area contributed by atoms with Crippen LogP contribution in [0.1, 0.15) is 75.3 Å². The van der Waals surface area contributed by atoms with E-state index in [9.17, 15) is 4.79 Å². The van der Waals surface area contributed by atoms with Crippen molar-refractivity contribution in [3.05, 3.63) is 52.6 Å². The van der Waals surface area contributed by atoms with E-state index >= 15 is 0 Å². The quantitative estimate of drug-likeness (QED) is 0.556. The van der Waals surface area contributed by atoms with Crippen LogP contribution in [0, 0.1) is 6.92 Å². The second-order valence-electron chi connectivity index (χ2n) is 9.32. The third-order valence-electron chi connectivity index (χ3n) is 5.46. The molecule has 0 radical (unpaired) electrons. The second-order valence-corrected chi connectivity index (χ2v) is 9.32. The molecule has 0 saturated heterocycles. The van der Waals surface area contributed by atoms with E-state index in [1.807, 2.05) is 27.7 Å². The van der Waals surface area contributed by atoms with Gasteiger partial charge in [-0.25, -0.2) is 4.79 Å². The van der Waals surface area contributed by atoms with Crippen LogP contribution in [0.2, 0.25) is 0 Å². The fourth-order valence-electron chi connectivity index (χ4n) is 4.08. The number of aryl methyl sites for hydroxylation is 2. The average Bonchev–Trinajstić information content (AvgIpc) is 2.70. The molecule has 1 heterocycles. The lowest BCUT2D eigenvalue weighted by molar-refractivity contribution is -0.164. The first-order chi connectivity index (χ1) is 14.1. The van der Waals surface area contributed by atoms with E-state index in [1.165, 1.54) is 18.2 Å². The van der Waals surface area contributed by atoms with Gasteiger partial charge >= 0.3 is 5.97 Å². The summed E-state index contributed by atoms with van der Waals surface area (Å²) in [6, 6.07) is 10.6. The second kappa shape index (κ2) is 8.81. The lowest BCUT2D eigenvalue weighted by Gasteiger charge is -2.30. The van der Waals surface area contributed by atoms with E-state index in [2.05, 4.69) is 44.2 Å². The Kier molecular flexibility index (Phi) is 6.56. The molecule has 0 N–H and O–H groups in total. The highest BCUT2D eigenvalue weighted by molar-refractivity contribution is 5.84. The van der Waals surface area contributed by atoms with Crippen LogP contribution >= 0.6 is 0 Å². The number of carbonyl (C=O) groups excluding carboxylic acids is 1. The van der Waals surface area contributed by atoms with E-state index < -0.39 is 11.7 Å². The van der Waals surface area contributed by atoms with Crippen molar-refractivity contribution in [3.8, 4) is 16.9 Å². The minimum Gasteiger partial charge on any atom is -0.493 e. The average molecular weight is 411 g/mol. The fraction of sp³-hybridized carbons (Fsp3) is 0.500. The monoisotopic (exact) mass is 410 g/mol. The molecule has 2 aromatic carbocycles. The highest BCUT2D eigenvalue weighted by Crippen LogP contribution is 2.42. The van der Waals surface area contributed by atoms with Crippen molar-refractivity contribution in [1.29, 1.82) is 0 Å². The number of carbonyl (C=O) groups is 1. The zero-order valence-electron chi connectivity index (χ0n) is 19.3. The van der Waals surface area contributed by atoms with Crippen molar-refractivity contribution >= 4 is 5.97 Å². The van der Waals surface area contributed by atoms with Gasteiger partial charge in [-0.2, -0.15) is 0 Å². The largest absolute Gasteiger partial charge is 0.493 e. The Morgan fingerprint density at radius 1 is 1.13 bits per heavy atom. The Balaban J connectivity index is 2.27. The van der Waals surface area contributed by atoms with Gasteiger partial charge in [0.15, 0.2) is 6.10 Å². The van der Waals surface area contributed by atoms with Crippen molar-refractivity contribution in [1.82, 2.24) is 0 Å². The molecule has 2 aromatic rings. The standard InChI is InChI=1S/C26H34O4/c1-16(2)20-12-10-17(3)22(24(25(27)28-7)30-26(4,5)6)23(20)19-11-13-21-18(15-19)9-8-14-29-21/h10-13,15-16,24H,8-9,14H2,1-7H3. The summed E-state index contributed by atoms with van der Waals surface area (Å²) in [7, 11) is 1.42. The first-order valence-corrected chi connectivity index (χ1v) is 10.8. The summed E-state index contributed by atoms with van der Waals surface area (Å²) in [5.41, 5.74) is 5.97. The molecule has 1 aliphatic heterocycles. The number of methoxy groups -OCH3 is 1. The minimum absolute atomic E-state index is 0.291. The Morgan fingerprint density at radius 2 is 1.87 bits per heavy atom. The summed E-state index contributed by atoms with van der Waals surface area (Å²) in [6.07, 6.45) is 1.22. The zero-order chi connectivity index (χ0) is 22.1. The molecular weight excluding hydrogens is 376 g/mol. The van der Waals surface area contributed by atoms with Gasteiger partial charge in [0.1, 0.15) is 5.75 Å². The number of fused-ring (bicyclic) bond motifs is 1. The summed E-state index contributed by atoms with van der Waals surface area (Å²) in [5, 5.41) is 0. The Hall–Kier alpha value is -2.33. The number of rotatable bonds is 5. The Morgan fingerprint density at radius 3 is 2.50 bits per heavy atom. The SMILES string of the molecule is COC(=O)C(OC(C)(C)C)c1c(C)ccc(C(C)C)c1-c1ccc2c(c1)CCCO2. The van der Waals surface area contributed by atoms with Gasteiger partial charge in [-0.05, 0) is 86.4 Å². The Labute approximate surface area is 180 Å². The molecule has 0 aliphatic carbocycles. The van der Waals surface area contributed by atoms with Gasteiger partial charge in [0.25, 0.3) is 0 Å². The molecule has 1 unspecified atom stereocenters. The first-order valence-electron chi connectivity index (χ1n) is 10.8. The maximum Gasteiger partial charge on any atom is 0.339 e. The number of hydrogen-bond donors (Lipinski definition) is 0. The summed E-state index contributed by atoms with van der Waals surface area (Å²) < 4.78 is 17.2. The molecule has 0 fully saturated rings. The number of hydrogen-bond acceptors (Lipinski definition) is 4. The highest BCUT2D eigenvalue weighted by Gasteiger charge is 2.33. The minimum atomic E-state index is -0.795. The maximum atomic E-state index is 12.9. The lowest BCUT2D eigenvalue weighted by Crippen LogP contribution is -2.29. The van der Waals surface area contributed by atoms with Gasteiger partial charge in [-0.15, -0.1) is 0 Å². The smallest absolute Gasteiger partial charge is 0.339 e. The van der Waals surface area contributed by atoms with E-state index in [1.54, 1.807) is 0 Å². The van der Waals surface area contributed by atoms with Crippen LogP contribution in [0.15, 0.2) is 30.3 Å². The predicted molar refractivity (Wildman–Crippen MR) is 120 cm³/mol. The van der Waals surface area contributed by atoms with E-state index in [0.717, 1.165) is 47.5 Å². The molecule has 0 bridgehead atoms. The van der Waals surface area contributed by atoms with Gasteiger partial charge in [0.05, 0.1) is 19.3 Å². The number of ether oxygens (including phenoxy) is 3. The highest BCUT2D eigenvalue weighted by atomic mass is 16.6. The van der Waals surface area contributed by atoms with Crippen molar-refractivity contribution in [2.75, 3.05) is 13.7 Å². The van der Waals surface area contributed by atoms with Gasteiger partial charge < -0.3 is 14.2 Å². The topological polar surface area (TPSA) is 44.8 Å². The third kappa shape index (κ3) is 4.70. The summed E-state index contributed by atoms with van der Waals surface area (Å²) in [5.74, 6) is 0.872. The molecule has 0 amide bonds. The van der Waals surface area contributed by atoms with Gasteiger partial charge in [0.2, 0.25) is 0 Å². The van der Waals surface area contributed by atoms with Gasteiger partial charge in [-0.3, -0.25) is 0 Å². The molecule has 3 rings (SSSR count). The fourth-order valence-corrected chi connectivity index (χ4v) is 4.08. The number of esters is 1. The summed E-state index contributed by atoms with van der Waals surface area (Å²) in [4.78, 5) is 12.9. The molecule has 162 valence electrons. The predicted octanol–water partition coefficient (Wildman–Crippen LogP) is 6.14. The van der Waals surface area contributed by atoms with Crippen LogP contribution in [-0.2, 0) is 20.7 Å². The molecule has 0 spiro atoms. The van der Waals surface area contributed by atoms with Crippen molar-refractivity contribution in [2.24, 2.45) is 0 Å². The zero-order valence-corrected chi connectivity index (χ0v) is 19.3. The van der Waals surface area contributed by atoms with Crippen LogP contribution in [-0.4, -0.2) is 25.3 Å². The van der Waals surface area contributed by atoms with Crippen LogP contribution in [0.25, 0.3) is 11.1 Å². The number of benzene rings is 2. The van der Waals surface area contributed by atoms with Crippen molar-refractivity contribution in [3.63, 3.8) is 0 Å². The Bertz CT molecular complexity index is 921. The van der Waals surface area contributed by atoms with Gasteiger partial charge in [-0.1, -0.05) is 32.0 Å². The van der Waals surface area contributed by atoms with Crippen LogP contribution in [0.4, 0.5) is 0 Å². The molecule has 4 nitrogen and oxygen atoms in total. The van der Waals surface area contributed by atoms with Crippen LogP contribution in [0.5, 0.6) is 5.75 Å². The summed E-state index contributed by atoms with van der Waals surface area (Å²) in [6.45, 7) is 13.0.